The largest absolute Gasteiger partial charge is 0.396 e. The first-order valence-corrected chi connectivity index (χ1v) is 8.77. The summed E-state index contributed by atoms with van der Waals surface area (Å²) in [5.74, 6) is 0. The van der Waals surface area contributed by atoms with Crippen LogP contribution in [0.2, 0.25) is 0 Å². The maximum Gasteiger partial charge on any atom is 0.238 e. The fraction of sp³-hybridized carbons (Fsp3) is 0.125. The van der Waals surface area contributed by atoms with Gasteiger partial charge < -0.3 is 5.11 Å². The molecule has 0 saturated heterocycles. The van der Waals surface area contributed by atoms with Gasteiger partial charge in [0.2, 0.25) is 10.0 Å². The molecule has 8 heteroatoms. The van der Waals surface area contributed by atoms with Crippen molar-refractivity contribution in [3.05, 3.63) is 54.5 Å². The standard InChI is InChI=1S/C16H16N4O3S/c17-24(22,23)13-3-1-11(2-4-13)15-14(7-10-21)19-20-16(15)12-5-8-18-9-6-12/h1-6,8-9,21H,7,10H2,(H,19,20)(H2,17,22,23). The molecule has 0 bridgehead atoms. The third kappa shape index (κ3) is 3.21. The summed E-state index contributed by atoms with van der Waals surface area (Å²) in [5.41, 5.74) is 3.95. The first-order chi connectivity index (χ1) is 11.5. The smallest absolute Gasteiger partial charge is 0.238 e. The van der Waals surface area contributed by atoms with Gasteiger partial charge in [0, 0.05) is 42.2 Å². The van der Waals surface area contributed by atoms with Gasteiger partial charge in [-0.15, -0.1) is 0 Å². The third-order valence-corrected chi connectivity index (χ3v) is 4.56. The van der Waals surface area contributed by atoms with Crippen molar-refractivity contribution in [3.63, 3.8) is 0 Å². The molecule has 0 unspecified atom stereocenters. The second-order valence-corrected chi connectivity index (χ2v) is 6.77. The Morgan fingerprint density at radius 1 is 1.04 bits per heavy atom. The Morgan fingerprint density at radius 2 is 1.71 bits per heavy atom. The third-order valence-electron chi connectivity index (χ3n) is 3.63. The van der Waals surface area contributed by atoms with E-state index in [1.807, 2.05) is 12.1 Å². The van der Waals surface area contributed by atoms with Crippen molar-refractivity contribution in [2.45, 2.75) is 11.3 Å². The normalized spacial score (nSPS) is 11.6. The lowest BCUT2D eigenvalue weighted by molar-refractivity contribution is 0.298. The lowest BCUT2D eigenvalue weighted by Crippen LogP contribution is -2.11. The van der Waals surface area contributed by atoms with Gasteiger partial charge in [0.25, 0.3) is 0 Å². The maximum absolute atomic E-state index is 11.4. The van der Waals surface area contributed by atoms with Crippen LogP contribution in [-0.4, -0.2) is 35.3 Å². The summed E-state index contributed by atoms with van der Waals surface area (Å²) in [6.45, 7) is -0.0275. The zero-order valence-electron chi connectivity index (χ0n) is 12.7. The Balaban J connectivity index is 2.13. The molecule has 2 heterocycles. The number of benzene rings is 1. The van der Waals surface area contributed by atoms with Crippen molar-refractivity contribution in [3.8, 4) is 22.4 Å². The number of H-pyrrole nitrogens is 1. The van der Waals surface area contributed by atoms with Crippen LogP contribution >= 0.6 is 0 Å². The molecule has 124 valence electrons. The van der Waals surface area contributed by atoms with Gasteiger partial charge in [-0.25, -0.2) is 13.6 Å². The maximum atomic E-state index is 11.4. The molecular weight excluding hydrogens is 328 g/mol. The Hall–Kier alpha value is -2.55. The van der Waals surface area contributed by atoms with Gasteiger partial charge >= 0.3 is 0 Å². The second-order valence-electron chi connectivity index (χ2n) is 5.20. The lowest BCUT2D eigenvalue weighted by atomic mass is 9.98. The fourth-order valence-electron chi connectivity index (χ4n) is 2.51. The molecule has 0 radical (unpaired) electrons. The van der Waals surface area contributed by atoms with Gasteiger partial charge in [-0.2, -0.15) is 5.10 Å². The van der Waals surface area contributed by atoms with E-state index in [0.29, 0.717) is 12.1 Å². The highest BCUT2D eigenvalue weighted by Gasteiger charge is 2.17. The van der Waals surface area contributed by atoms with Gasteiger partial charge in [0.1, 0.15) is 5.69 Å². The molecule has 7 nitrogen and oxygen atoms in total. The fourth-order valence-corrected chi connectivity index (χ4v) is 3.03. The number of pyridine rings is 1. The predicted molar refractivity (Wildman–Crippen MR) is 89.4 cm³/mol. The number of nitrogens with one attached hydrogen (secondary N) is 1. The van der Waals surface area contributed by atoms with Crippen LogP contribution < -0.4 is 5.14 Å². The highest BCUT2D eigenvalue weighted by atomic mass is 32.2. The quantitative estimate of drug-likeness (QED) is 0.644. The molecule has 0 aliphatic rings. The van der Waals surface area contributed by atoms with Crippen molar-refractivity contribution >= 4 is 10.0 Å². The number of hydrogen-bond acceptors (Lipinski definition) is 5. The topological polar surface area (TPSA) is 122 Å². The average molecular weight is 344 g/mol. The predicted octanol–water partition coefficient (Wildman–Crippen LogP) is 1.32. The summed E-state index contributed by atoms with van der Waals surface area (Å²) >= 11 is 0. The van der Waals surface area contributed by atoms with E-state index in [1.165, 1.54) is 12.1 Å². The van der Waals surface area contributed by atoms with Crippen molar-refractivity contribution < 1.29 is 13.5 Å². The minimum atomic E-state index is -3.74. The molecule has 0 aliphatic carbocycles. The van der Waals surface area contributed by atoms with E-state index in [9.17, 15) is 13.5 Å². The van der Waals surface area contributed by atoms with Crippen molar-refractivity contribution in [1.82, 2.24) is 15.2 Å². The van der Waals surface area contributed by atoms with Gasteiger partial charge in [-0.3, -0.25) is 10.1 Å². The minimum absolute atomic E-state index is 0.0275. The summed E-state index contributed by atoms with van der Waals surface area (Å²) in [6.07, 6.45) is 3.75. The number of rotatable bonds is 5. The first-order valence-electron chi connectivity index (χ1n) is 7.22. The second kappa shape index (κ2) is 6.52. The van der Waals surface area contributed by atoms with E-state index >= 15 is 0 Å². The SMILES string of the molecule is NS(=O)(=O)c1ccc(-c2c(-c3ccncc3)n[nH]c2CCO)cc1. The van der Waals surface area contributed by atoms with Crippen LogP contribution in [0.4, 0.5) is 0 Å². The van der Waals surface area contributed by atoms with Gasteiger partial charge in [0.15, 0.2) is 0 Å². The number of aromatic amines is 1. The van der Waals surface area contributed by atoms with Crippen LogP contribution in [0.5, 0.6) is 0 Å². The van der Waals surface area contributed by atoms with E-state index in [0.717, 1.165) is 22.4 Å². The molecule has 0 spiro atoms. The minimum Gasteiger partial charge on any atom is -0.396 e. The number of nitrogens with zero attached hydrogens (tertiary/aromatic N) is 2. The summed E-state index contributed by atoms with van der Waals surface area (Å²) in [7, 11) is -3.74. The van der Waals surface area contributed by atoms with E-state index in [1.54, 1.807) is 24.5 Å². The summed E-state index contributed by atoms with van der Waals surface area (Å²) in [6, 6.07) is 9.93. The molecule has 0 atom stereocenters. The summed E-state index contributed by atoms with van der Waals surface area (Å²) < 4.78 is 22.8. The monoisotopic (exact) mass is 344 g/mol. The number of primary sulfonamides is 1. The van der Waals surface area contributed by atoms with Gasteiger partial charge in [-0.1, -0.05) is 12.1 Å². The van der Waals surface area contributed by atoms with Gasteiger partial charge in [0.05, 0.1) is 4.90 Å². The van der Waals surface area contributed by atoms with E-state index in [-0.39, 0.29) is 11.5 Å². The number of aromatic nitrogens is 3. The van der Waals surface area contributed by atoms with Crippen molar-refractivity contribution in [2.75, 3.05) is 6.61 Å². The molecule has 24 heavy (non-hydrogen) atoms. The highest BCUT2D eigenvalue weighted by Crippen LogP contribution is 2.33. The van der Waals surface area contributed by atoms with Gasteiger partial charge in [-0.05, 0) is 29.8 Å². The average Bonchev–Trinajstić information content (AvgIpc) is 2.99. The Kier molecular flexibility index (Phi) is 4.43. The van der Waals surface area contributed by atoms with Crippen LogP contribution in [0.1, 0.15) is 5.69 Å². The Labute approximate surface area is 139 Å². The zero-order chi connectivity index (χ0) is 17.2. The van der Waals surface area contributed by atoms with Crippen molar-refractivity contribution in [2.24, 2.45) is 5.14 Å². The Morgan fingerprint density at radius 3 is 2.29 bits per heavy atom. The van der Waals surface area contributed by atoms with Crippen LogP contribution in [0.15, 0.2) is 53.7 Å². The van der Waals surface area contributed by atoms with Crippen molar-refractivity contribution in [1.29, 1.82) is 0 Å². The van der Waals surface area contributed by atoms with E-state index < -0.39 is 10.0 Å². The molecule has 2 aromatic heterocycles. The van der Waals surface area contributed by atoms with E-state index in [2.05, 4.69) is 15.2 Å². The molecule has 3 rings (SSSR count). The molecule has 0 saturated carbocycles. The van der Waals surface area contributed by atoms with Crippen LogP contribution in [-0.2, 0) is 16.4 Å². The lowest BCUT2D eigenvalue weighted by Gasteiger charge is -2.07. The summed E-state index contributed by atoms with van der Waals surface area (Å²) in [5, 5.41) is 21.7. The molecule has 4 N–H and O–H groups in total. The number of hydrogen-bond donors (Lipinski definition) is 3. The molecule has 0 fully saturated rings. The number of aliphatic hydroxyl groups excluding tert-OH is 1. The van der Waals surface area contributed by atoms with Crippen LogP contribution in [0.3, 0.4) is 0 Å². The zero-order valence-corrected chi connectivity index (χ0v) is 13.5. The van der Waals surface area contributed by atoms with Crippen LogP contribution in [0, 0.1) is 0 Å². The first kappa shape index (κ1) is 16.3. The van der Waals surface area contributed by atoms with Crippen LogP contribution in [0.25, 0.3) is 22.4 Å². The molecule has 3 aromatic rings. The molecule has 1 aromatic carbocycles. The summed E-state index contributed by atoms with van der Waals surface area (Å²) in [4.78, 5) is 4.04. The Bertz CT molecular complexity index is 935. The number of aliphatic hydroxyl groups is 1. The molecule has 0 aliphatic heterocycles. The number of sulfonamides is 1. The highest BCUT2D eigenvalue weighted by molar-refractivity contribution is 7.89. The molecule has 0 amide bonds. The molecular formula is C16H16N4O3S. The van der Waals surface area contributed by atoms with E-state index in [4.69, 9.17) is 5.14 Å². The number of nitrogens with two attached hydrogens (primary N) is 1.